The first kappa shape index (κ1) is 8.77. The van der Waals surface area contributed by atoms with E-state index in [1.54, 1.807) is 0 Å². The van der Waals surface area contributed by atoms with Crippen LogP contribution in [0.2, 0.25) is 0 Å². The molecule has 2 saturated heterocycles. The van der Waals surface area contributed by atoms with Crippen LogP contribution in [0.15, 0.2) is 0 Å². The number of ether oxygens (including phenoxy) is 2. The van der Waals surface area contributed by atoms with Crippen LogP contribution in [0.5, 0.6) is 0 Å². The van der Waals surface area contributed by atoms with Gasteiger partial charge in [0.2, 0.25) is 0 Å². The lowest BCUT2D eigenvalue weighted by Crippen LogP contribution is -2.35. The number of hydrogen-bond donors (Lipinski definition) is 2. The first-order valence-electron chi connectivity index (χ1n) is 4.42. The van der Waals surface area contributed by atoms with Gasteiger partial charge in [0.15, 0.2) is 0 Å². The van der Waals surface area contributed by atoms with Gasteiger partial charge in [0.25, 0.3) is 0 Å². The van der Waals surface area contributed by atoms with Gasteiger partial charge in [-0.1, -0.05) is 6.92 Å². The summed E-state index contributed by atoms with van der Waals surface area (Å²) < 4.78 is 10.7. The normalized spacial score (nSPS) is 38.1. The van der Waals surface area contributed by atoms with E-state index in [0.29, 0.717) is 13.2 Å². The number of hydrogen-bond acceptors (Lipinski definition) is 3. The number of rotatable bonds is 3. The van der Waals surface area contributed by atoms with Crippen molar-refractivity contribution in [3.63, 3.8) is 0 Å². The first-order valence-corrected chi connectivity index (χ1v) is 4.42. The average Bonchev–Trinajstić information content (AvgIpc) is 2.74. The second kappa shape index (κ2) is 3.16. The molecule has 0 aromatic carbocycles. The Labute approximate surface area is 76.0 Å². The summed E-state index contributed by atoms with van der Waals surface area (Å²) in [7, 11) is 0. The molecule has 0 aromatic rings. The van der Waals surface area contributed by atoms with Crippen LogP contribution in [0, 0.1) is 5.92 Å². The maximum absolute atomic E-state index is 10.2. The minimum Gasteiger partial charge on any atom is -0.465 e. The Kier molecular flexibility index (Phi) is 2.13. The van der Waals surface area contributed by atoms with Crippen LogP contribution in [0.25, 0.3) is 0 Å². The van der Waals surface area contributed by atoms with Crippen LogP contribution in [-0.2, 0) is 9.47 Å². The van der Waals surface area contributed by atoms with E-state index in [1.165, 1.54) is 0 Å². The number of nitrogens with one attached hydrogen (secondary N) is 1. The molecule has 2 fully saturated rings. The Morgan fingerprint density at radius 1 is 1.77 bits per heavy atom. The number of carbonyl (C=O) groups is 1. The lowest BCUT2D eigenvalue weighted by Gasteiger charge is -2.19. The summed E-state index contributed by atoms with van der Waals surface area (Å²) >= 11 is 0. The Morgan fingerprint density at radius 2 is 2.54 bits per heavy atom. The van der Waals surface area contributed by atoms with E-state index in [4.69, 9.17) is 14.6 Å². The van der Waals surface area contributed by atoms with Crippen molar-refractivity contribution in [2.45, 2.75) is 25.2 Å². The lowest BCUT2D eigenvalue weighted by atomic mass is 10.0. The molecule has 2 heterocycles. The molecule has 0 aliphatic carbocycles. The summed E-state index contributed by atoms with van der Waals surface area (Å²) in [6.45, 7) is 3.05. The fourth-order valence-corrected chi connectivity index (χ4v) is 1.73. The number of fused-ring (bicyclic) bond motifs is 1. The summed E-state index contributed by atoms with van der Waals surface area (Å²) in [5.74, 6) is 0.175. The predicted octanol–water partition coefficient (Wildman–Crippen LogP) is 0.0563. The van der Waals surface area contributed by atoms with Crippen LogP contribution in [-0.4, -0.2) is 42.7 Å². The molecule has 0 bridgehead atoms. The molecule has 0 radical (unpaired) electrons. The molecule has 0 unspecified atom stereocenters. The van der Waals surface area contributed by atoms with E-state index in [-0.39, 0.29) is 24.2 Å². The van der Waals surface area contributed by atoms with Gasteiger partial charge in [0.1, 0.15) is 12.2 Å². The fraction of sp³-hybridized carbons (Fsp3) is 0.875. The third-order valence-electron chi connectivity index (χ3n) is 2.53. The molecule has 0 spiro atoms. The molecule has 2 aliphatic rings. The van der Waals surface area contributed by atoms with Gasteiger partial charge in [-0.25, -0.2) is 4.79 Å². The zero-order chi connectivity index (χ0) is 9.42. The van der Waals surface area contributed by atoms with E-state index in [9.17, 15) is 4.79 Å². The van der Waals surface area contributed by atoms with Crippen molar-refractivity contribution in [2.75, 3.05) is 13.2 Å². The summed E-state index contributed by atoms with van der Waals surface area (Å²) in [6, 6.07) is 0. The van der Waals surface area contributed by atoms with Crippen LogP contribution in [0.4, 0.5) is 4.79 Å². The van der Waals surface area contributed by atoms with Crippen molar-refractivity contribution in [1.29, 1.82) is 0 Å². The first-order chi connectivity index (χ1) is 6.18. The number of epoxide rings is 1. The Hall–Kier alpha value is -0.810. The molecule has 0 saturated carbocycles. The standard InChI is InChI=1S/C8H13NO4/c1-4(2-9-8(10)11)6-7-5(13-7)3-12-6/h4-7,9H,2-3H2,1H3,(H,10,11)/t4-,5+,6-,7+/m1/s1. The van der Waals surface area contributed by atoms with Gasteiger partial charge in [-0.15, -0.1) is 0 Å². The summed E-state index contributed by atoms with van der Waals surface area (Å²) in [6.07, 6.45) is -0.433. The fourth-order valence-electron chi connectivity index (χ4n) is 1.73. The van der Waals surface area contributed by atoms with Crippen molar-refractivity contribution in [2.24, 2.45) is 5.92 Å². The van der Waals surface area contributed by atoms with Crippen molar-refractivity contribution in [3.05, 3.63) is 0 Å². The molecule has 13 heavy (non-hydrogen) atoms. The molecule has 5 nitrogen and oxygen atoms in total. The molecule has 2 aliphatic heterocycles. The van der Waals surface area contributed by atoms with E-state index in [1.807, 2.05) is 6.92 Å². The van der Waals surface area contributed by atoms with E-state index >= 15 is 0 Å². The topological polar surface area (TPSA) is 71.1 Å². The molecule has 4 atom stereocenters. The molecule has 2 rings (SSSR count). The minimum atomic E-state index is -0.988. The summed E-state index contributed by atoms with van der Waals surface area (Å²) in [5, 5.41) is 10.7. The highest BCUT2D eigenvalue weighted by atomic mass is 16.7. The minimum absolute atomic E-state index is 0.0665. The van der Waals surface area contributed by atoms with Gasteiger partial charge in [0, 0.05) is 12.5 Å². The highest BCUT2D eigenvalue weighted by Crippen LogP contribution is 2.37. The zero-order valence-electron chi connectivity index (χ0n) is 7.40. The molecule has 2 N–H and O–H groups in total. The molecule has 1 amide bonds. The molecule has 0 aromatic heterocycles. The molecule has 5 heteroatoms. The van der Waals surface area contributed by atoms with Crippen molar-refractivity contribution in [1.82, 2.24) is 5.32 Å². The maximum atomic E-state index is 10.2. The monoisotopic (exact) mass is 187 g/mol. The predicted molar refractivity (Wildman–Crippen MR) is 43.6 cm³/mol. The van der Waals surface area contributed by atoms with Crippen LogP contribution < -0.4 is 5.32 Å². The van der Waals surface area contributed by atoms with E-state index in [0.717, 1.165) is 0 Å². The SMILES string of the molecule is C[C@H](CNC(=O)O)[C@H]1OC[C@@H]2O[C@H]12. The highest BCUT2D eigenvalue weighted by molar-refractivity contribution is 5.64. The zero-order valence-corrected chi connectivity index (χ0v) is 7.40. The Bertz CT molecular complexity index is 220. The summed E-state index contributed by atoms with van der Waals surface area (Å²) in [4.78, 5) is 10.2. The third-order valence-corrected chi connectivity index (χ3v) is 2.53. The Balaban J connectivity index is 1.76. The maximum Gasteiger partial charge on any atom is 0.404 e. The van der Waals surface area contributed by atoms with E-state index in [2.05, 4.69) is 5.32 Å². The van der Waals surface area contributed by atoms with Gasteiger partial charge < -0.3 is 19.9 Å². The van der Waals surface area contributed by atoms with Crippen molar-refractivity contribution in [3.8, 4) is 0 Å². The number of carboxylic acid groups (broad SMARTS) is 1. The van der Waals surface area contributed by atoms with Crippen molar-refractivity contribution >= 4 is 6.09 Å². The smallest absolute Gasteiger partial charge is 0.404 e. The molecule has 74 valence electrons. The quantitative estimate of drug-likeness (QED) is 0.613. The third kappa shape index (κ3) is 1.76. The summed E-state index contributed by atoms with van der Waals surface area (Å²) in [5.41, 5.74) is 0. The lowest BCUT2D eigenvalue weighted by molar-refractivity contribution is -0.000846. The molecular formula is C8H13NO4. The largest absolute Gasteiger partial charge is 0.465 e. The Morgan fingerprint density at radius 3 is 3.00 bits per heavy atom. The van der Waals surface area contributed by atoms with Crippen LogP contribution in [0.3, 0.4) is 0 Å². The van der Waals surface area contributed by atoms with Crippen LogP contribution >= 0.6 is 0 Å². The number of amides is 1. The van der Waals surface area contributed by atoms with Gasteiger partial charge in [0.05, 0.1) is 12.7 Å². The van der Waals surface area contributed by atoms with Gasteiger partial charge in [-0.3, -0.25) is 0 Å². The average molecular weight is 187 g/mol. The second-order valence-electron chi connectivity index (χ2n) is 3.60. The van der Waals surface area contributed by atoms with Gasteiger partial charge >= 0.3 is 6.09 Å². The molecular weight excluding hydrogens is 174 g/mol. The van der Waals surface area contributed by atoms with E-state index < -0.39 is 6.09 Å². The van der Waals surface area contributed by atoms with Crippen LogP contribution in [0.1, 0.15) is 6.92 Å². The second-order valence-corrected chi connectivity index (χ2v) is 3.60. The van der Waals surface area contributed by atoms with Gasteiger partial charge in [-0.2, -0.15) is 0 Å². The van der Waals surface area contributed by atoms with Gasteiger partial charge in [-0.05, 0) is 0 Å². The van der Waals surface area contributed by atoms with Crippen molar-refractivity contribution < 1.29 is 19.4 Å². The highest BCUT2D eigenvalue weighted by Gasteiger charge is 2.53.